The van der Waals surface area contributed by atoms with Crippen LogP contribution in [0.3, 0.4) is 0 Å². The average Bonchev–Trinajstić information content (AvgIpc) is 2.78. The summed E-state index contributed by atoms with van der Waals surface area (Å²) in [4.78, 5) is 4.43. The third-order valence-electron chi connectivity index (χ3n) is 2.95. The number of fused-ring (bicyclic) bond motifs is 1. The molecule has 0 atom stereocenters. The van der Waals surface area contributed by atoms with E-state index in [1.165, 1.54) is 0 Å². The van der Waals surface area contributed by atoms with Gasteiger partial charge in [0.25, 0.3) is 0 Å². The van der Waals surface area contributed by atoms with E-state index >= 15 is 0 Å². The second-order valence-electron chi connectivity index (χ2n) is 4.13. The van der Waals surface area contributed by atoms with Crippen molar-refractivity contribution in [2.75, 3.05) is 5.73 Å². The molecule has 3 rings (SSSR count). The highest BCUT2D eigenvalue weighted by molar-refractivity contribution is 6.31. The number of nitrogen functional groups attached to an aromatic ring is 1. The van der Waals surface area contributed by atoms with Crippen LogP contribution in [-0.2, 0) is 0 Å². The van der Waals surface area contributed by atoms with Gasteiger partial charge in [0.15, 0.2) is 5.58 Å². The number of nitrogens with two attached hydrogens (primary N) is 1. The van der Waals surface area contributed by atoms with E-state index in [0.717, 1.165) is 11.1 Å². The zero-order chi connectivity index (χ0) is 12.7. The van der Waals surface area contributed by atoms with Crippen molar-refractivity contribution >= 4 is 28.4 Å². The van der Waals surface area contributed by atoms with Crippen LogP contribution >= 0.6 is 11.6 Å². The summed E-state index contributed by atoms with van der Waals surface area (Å²) >= 11 is 6.10. The fourth-order valence-electron chi connectivity index (χ4n) is 1.92. The van der Waals surface area contributed by atoms with Gasteiger partial charge >= 0.3 is 0 Å². The van der Waals surface area contributed by atoms with E-state index in [4.69, 9.17) is 21.8 Å². The molecule has 0 amide bonds. The Morgan fingerprint density at radius 2 is 1.94 bits per heavy atom. The molecule has 0 aliphatic rings. The molecule has 0 saturated carbocycles. The SMILES string of the molecule is Cc1c(Cl)cccc1-c1nc2c(N)cccc2o1. The third-order valence-corrected chi connectivity index (χ3v) is 3.36. The van der Waals surface area contributed by atoms with E-state index < -0.39 is 0 Å². The molecular weight excluding hydrogens is 248 g/mol. The summed E-state index contributed by atoms with van der Waals surface area (Å²) in [6.45, 7) is 1.94. The topological polar surface area (TPSA) is 52.0 Å². The van der Waals surface area contributed by atoms with Crippen LogP contribution in [-0.4, -0.2) is 4.98 Å². The maximum absolute atomic E-state index is 6.10. The Balaban J connectivity index is 2.26. The van der Waals surface area contributed by atoms with Gasteiger partial charge in [-0.3, -0.25) is 0 Å². The molecule has 4 heteroatoms. The molecule has 2 aromatic carbocycles. The molecule has 1 heterocycles. The molecule has 0 radical (unpaired) electrons. The van der Waals surface area contributed by atoms with Crippen molar-refractivity contribution < 1.29 is 4.42 Å². The summed E-state index contributed by atoms with van der Waals surface area (Å²) in [5.41, 5.74) is 9.69. The first-order valence-electron chi connectivity index (χ1n) is 5.57. The lowest BCUT2D eigenvalue weighted by molar-refractivity contribution is 0.619. The Kier molecular flexibility index (Phi) is 2.49. The summed E-state index contributed by atoms with van der Waals surface area (Å²) in [5.74, 6) is 0.544. The predicted molar refractivity (Wildman–Crippen MR) is 73.6 cm³/mol. The van der Waals surface area contributed by atoms with E-state index in [0.29, 0.717) is 27.7 Å². The van der Waals surface area contributed by atoms with Crippen LogP contribution in [0.5, 0.6) is 0 Å². The lowest BCUT2D eigenvalue weighted by atomic mass is 10.1. The van der Waals surface area contributed by atoms with E-state index in [2.05, 4.69) is 4.98 Å². The molecule has 0 saturated heterocycles. The number of nitrogens with zero attached hydrogens (tertiary/aromatic N) is 1. The van der Waals surface area contributed by atoms with Crippen LogP contribution in [0.15, 0.2) is 40.8 Å². The fraction of sp³-hybridized carbons (Fsp3) is 0.0714. The number of para-hydroxylation sites is 1. The number of hydrogen-bond donors (Lipinski definition) is 1. The van der Waals surface area contributed by atoms with Crippen molar-refractivity contribution in [2.45, 2.75) is 6.92 Å². The van der Waals surface area contributed by atoms with E-state index in [9.17, 15) is 0 Å². The van der Waals surface area contributed by atoms with Gasteiger partial charge < -0.3 is 10.2 Å². The minimum Gasteiger partial charge on any atom is -0.436 e. The standard InChI is InChI=1S/C14H11ClN2O/c1-8-9(4-2-5-10(8)15)14-17-13-11(16)6-3-7-12(13)18-14/h2-7H,16H2,1H3. The zero-order valence-electron chi connectivity index (χ0n) is 9.77. The largest absolute Gasteiger partial charge is 0.436 e. The molecule has 2 N–H and O–H groups in total. The van der Waals surface area contributed by atoms with Gasteiger partial charge in [0.2, 0.25) is 5.89 Å². The third kappa shape index (κ3) is 1.64. The Morgan fingerprint density at radius 3 is 2.72 bits per heavy atom. The fourth-order valence-corrected chi connectivity index (χ4v) is 2.10. The second kappa shape index (κ2) is 4.03. The van der Waals surface area contributed by atoms with Crippen LogP contribution in [0, 0.1) is 6.92 Å². The lowest BCUT2D eigenvalue weighted by Crippen LogP contribution is -1.86. The summed E-state index contributed by atoms with van der Waals surface area (Å²) in [6.07, 6.45) is 0. The maximum Gasteiger partial charge on any atom is 0.227 e. The number of hydrogen-bond acceptors (Lipinski definition) is 3. The second-order valence-corrected chi connectivity index (χ2v) is 4.53. The van der Waals surface area contributed by atoms with Crippen molar-refractivity contribution in [3.63, 3.8) is 0 Å². The number of oxazole rings is 1. The average molecular weight is 259 g/mol. The van der Waals surface area contributed by atoms with Crippen molar-refractivity contribution in [3.05, 3.63) is 47.0 Å². The quantitative estimate of drug-likeness (QED) is 0.670. The molecule has 0 spiro atoms. The maximum atomic E-state index is 6.10. The first kappa shape index (κ1) is 11.1. The highest BCUT2D eigenvalue weighted by Gasteiger charge is 2.13. The highest BCUT2D eigenvalue weighted by atomic mass is 35.5. The number of halogens is 1. The number of anilines is 1. The van der Waals surface area contributed by atoms with Gasteiger partial charge in [-0.25, -0.2) is 4.98 Å². The molecule has 0 aliphatic carbocycles. The molecule has 90 valence electrons. The first-order valence-corrected chi connectivity index (χ1v) is 5.95. The first-order chi connectivity index (χ1) is 8.66. The van der Waals surface area contributed by atoms with E-state index in [1.54, 1.807) is 6.07 Å². The summed E-state index contributed by atoms with van der Waals surface area (Å²) in [6, 6.07) is 11.2. The van der Waals surface area contributed by atoms with Crippen molar-refractivity contribution in [2.24, 2.45) is 0 Å². The van der Waals surface area contributed by atoms with Crippen LogP contribution < -0.4 is 5.73 Å². The number of rotatable bonds is 1. The van der Waals surface area contributed by atoms with Crippen molar-refractivity contribution in [3.8, 4) is 11.5 Å². The molecule has 3 nitrogen and oxygen atoms in total. The molecule has 1 aromatic heterocycles. The monoisotopic (exact) mass is 258 g/mol. The molecule has 0 fully saturated rings. The van der Waals surface area contributed by atoms with Crippen LogP contribution in [0.1, 0.15) is 5.56 Å². The van der Waals surface area contributed by atoms with Crippen LogP contribution in [0.4, 0.5) is 5.69 Å². The lowest BCUT2D eigenvalue weighted by Gasteiger charge is -2.02. The number of benzene rings is 2. The summed E-state index contributed by atoms with van der Waals surface area (Å²) in [5, 5.41) is 0.697. The molecule has 0 aliphatic heterocycles. The number of aromatic nitrogens is 1. The van der Waals surface area contributed by atoms with E-state index in [1.807, 2.05) is 37.3 Å². The van der Waals surface area contributed by atoms with Crippen molar-refractivity contribution in [1.82, 2.24) is 4.98 Å². The summed E-state index contributed by atoms with van der Waals surface area (Å²) in [7, 11) is 0. The molecule has 18 heavy (non-hydrogen) atoms. The van der Waals surface area contributed by atoms with Gasteiger partial charge in [0.1, 0.15) is 5.52 Å². The zero-order valence-corrected chi connectivity index (χ0v) is 10.5. The molecule has 0 bridgehead atoms. The van der Waals surface area contributed by atoms with Gasteiger partial charge in [0.05, 0.1) is 5.69 Å². The smallest absolute Gasteiger partial charge is 0.227 e. The summed E-state index contributed by atoms with van der Waals surface area (Å²) < 4.78 is 5.72. The molecular formula is C14H11ClN2O. The normalized spacial score (nSPS) is 11.0. The Bertz CT molecular complexity index is 734. The van der Waals surface area contributed by atoms with Gasteiger partial charge in [-0.2, -0.15) is 0 Å². The Hall–Kier alpha value is -2.00. The minimum atomic E-state index is 0.544. The minimum absolute atomic E-state index is 0.544. The van der Waals surface area contributed by atoms with Gasteiger partial charge in [-0.1, -0.05) is 23.7 Å². The van der Waals surface area contributed by atoms with Crippen LogP contribution in [0.25, 0.3) is 22.6 Å². The van der Waals surface area contributed by atoms with Gasteiger partial charge in [-0.05, 0) is 36.8 Å². The van der Waals surface area contributed by atoms with Gasteiger partial charge in [0, 0.05) is 10.6 Å². The molecule has 3 aromatic rings. The van der Waals surface area contributed by atoms with Crippen molar-refractivity contribution in [1.29, 1.82) is 0 Å². The molecule has 0 unspecified atom stereocenters. The Morgan fingerprint density at radius 1 is 1.17 bits per heavy atom. The van der Waals surface area contributed by atoms with E-state index in [-0.39, 0.29) is 0 Å². The van der Waals surface area contributed by atoms with Crippen LogP contribution in [0.2, 0.25) is 5.02 Å². The Labute approximate surface area is 109 Å². The van der Waals surface area contributed by atoms with Gasteiger partial charge in [-0.15, -0.1) is 0 Å². The highest BCUT2D eigenvalue weighted by Crippen LogP contribution is 2.31. The predicted octanol–water partition coefficient (Wildman–Crippen LogP) is 4.04.